The molecular weight excluding hydrogens is 100 g/mol. The number of rotatable bonds is 0. The summed E-state index contributed by atoms with van der Waals surface area (Å²) >= 11 is 0. The van der Waals surface area contributed by atoms with Gasteiger partial charge in [-0.1, -0.05) is 19.0 Å². The van der Waals surface area contributed by atoms with Gasteiger partial charge < -0.3 is 5.11 Å². The Morgan fingerprint density at radius 1 is 2.12 bits per heavy atom. The molecule has 0 saturated carbocycles. The van der Waals surface area contributed by atoms with Crippen LogP contribution >= 0.6 is 0 Å². The Balaban J connectivity index is 3.64. The molecule has 1 N–H and O–H groups in total. The molecule has 0 aromatic rings. The van der Waals surface area contributed by atoms with Crippen molar-refractivity contribution in [2.45, 2.75) is 25.7 Å². The third-order valence-electron chi connectivity index (χ3n) is 0.849. The predicted molar refractivity (Wildman–Crippen MR) is 33.5 cm³/mol. The molecule has 0 radical (unpaired) electrons. The van der Waals surface area contributed by atoms with Gasteiger partial charge in [-0.15, -0.1) is 0 Å². The first-order valence-corrected chi connectivity index (χ1v) is 2.22. The highest BCUT2D eigenvalue weighted by atomic mass is 16.3. The molecule has 0 spiro atoms. The molecule has 1 heteroatoms. The van der Waals surface area contributed by atoms with Gasteiger partial charge in [-0.2, -0.15) is 0 Å². The largest absolute Gasteiger partial charge is 0.389 e. The monoisotopic (exact) mass is 120 g/mol. The zero-order chi connectivity index (χ0) is 13.2. The first-order chi connectivity index (χ1) is 6.82. The quantitative estimate of drug-likeness (QED) is 0.478. The maximum absolute atomic E-state index is 9.62. The minimum atomic E-state index is -2.95. The second kappa shape index (κ2) is 2.31. The van der Waals surface area contributed by atoms with Crippen LogP contribution in [-0.4, -0.2) is 11.2 Å². The normalized spacial score (nSPS) is 85.8. The van der Waals surface area contributed by atoms with Crippen LogP contribution in [0.4, 0.5) is 0 Å². The van der Waals surface area contributed by atoms with Crippen molar-refractivity contribution >= 4 is 0 Å². The van der Waals surface area contributed by atoms with Crippen LogP contribution in [-0.2, 0) is 0 Å². The van der Waals surface area contributed by atoms with E-state index in [1.54, 1.807) is 0 Å². The average Bonchev–Trinajstić information content (AvgIpc) is 2.12. The van der Waals surface area contributed by atoms with Crippen LogP contribution < -0.4 is 0 Å². The van der Waals surface area contributed by atoms with Gasteiger partial charge in [0, 0.05) is 6.85 Å². The minimum absolute atomic E-state index is 0.846. The molecule has 0 aromatic carbocycles. The van der Waals surface area contributed by atoms with Gasteiger partial charge in [-0.05, 0) is 18.6 Å². The van der Waals surface area contributed by atoms with E-state index in [9.17, 15) is 5.11 Å². The van der Waals surface area contributed by atoms with E-state index in [0.29, 0.717) is 0 Å². The predicted octanol–water partition coefficient (Wildman–Crippen LogP) is 1.33. The molecule has 8 heavy (non-hydrogen) atoms. The Kier molecular flexibility index (Phi) is 0.406. The fourth-order valence-electron chi connectivity index (χ4n) is 0.368. The second-order valence-electron chi connectivity index (χ2n) is 1.47. The van der Waals surface area contributed by atoms with Crippen LogP contribution in [0.3, 0.4) is 0 Å². The molecular formula is C7H12O. The van der Waals surface area contributed by atoms with Gasteiger partial charge in [0.2, 0.25) is 0 Å². The van der Waals surface area contributed by atoms with E-state index >= 15 is 0 Å². The fourth-order valence-corrected chi connectivity index (χ4v) is 0.368. The lowest BCUT2D eigenvalue weighted by atomic mass is 9.94. The third kappa shape index (κ3) is 1.10. The molecule has 46 valence electrons. The van der Waals surface area contributed by atoms with Crippen molar-refractivity contribution in [1.29, 1.82) is 0 Å². The van der Waals surface area contributed by atoms with Crippen molar-refractivity contribution in [3.63, 3.8) is 0 Å². The van der Waals surface area contributed by atoms with Crippen molar-refractivity contribution in [3.8, 4) is 0 Å². The van der Waals surface area contributed by atoms with Crippen molar-refractivity contribution in [2.24, 2.45) is 5.89 Å². The molecule has 1 aliphatic rings. The Morgan fingerprint density at radius 2 is 2.88 bits per heavy atom. The number of hydrogen-bond donors (Lipinski definition) is 1. The molecule has 0 amide bonds. The van der Waals surface area contributed by atoms with Gasteiger partial charge in [0.15, 0.2) is 0 Å². The van der Waals surface area contributed by atoms with Crippen LogP contribution in [0.1, 0.15) is 30.6 Å². The van der Waals surface area contributed by atoms with Gasteiger partial charge in [0.25, 0.3) is 0 Å². The highest BCUT2D eigenvalue weighted by molar-refractivity contribution is 4.95. The zero-order valence-corrected chi connectivity index (χ0v) is 4.45. The Hall–Kier alpha value is -0.300. The van der Waals surface area contributed by atoms with Gasteiger partial charge in [-0.3, -0.25) is 0 Å². The number of allylic oxidation sites excluding steroid dienone is 1. The van der Waals surface area contributed by atoms with Gasteiger partial charge >= 0.3 is 0 Å². The van der Waals surface area contributed by atoms with Crippen molar-refractivity contribution in [3.05, 3.63) is 12.1 Å². The molecule has 0 saturated heterocycles. The third-order valence-corrected chi connectivity index (χ3v) is 0.849. The first-order valence-electron chi connectivity index (χ1n) is 6.22. The SMILES string of the molecule is [2H]C1=C([2H])C([2H])(O)C([2H])(C)C([2H])([2H])C1([2H])[2H]. The molecule has 2 unspecified atom stereocenters. The Morgan fingerprint density at radius 3 is 3.62 bits per heavy atom. The molecule has 0 heterocycles. The van der Waals surface area contributed by atoms with E-state index in [1.807, 2.05) is 0 Å². The average molecular weight is 120 g/mol. The van der Waals surface area contributed by atoms with Crippen molar-refractivity contribution in [2.75, 3.05) is 0 Å². The van der Waals surface area contributed by atoms with Gasteiger partial charge in [-0.25, -0.2) is 0 Å². The van der Waals surface area contributed by atoms with Gasteiger partial charge in [0.1, 0.15) is 0 Å². The maximum Gasteiger partial charge on any atom is 0.0746 e. The Labute approximate surface area is 61.3 Å². The summed E-state index contributed by atoms with van der Waals surface area (Å²) in [5, 5.41) is 9.62. The van der Waals surface area contributed by atoms with Crippen LogP contribution in [0.15, 0.2) is 12.1 Å². The first kappa shape index (κ1) is 1.40. The highest BCUT2D eigenvalue weighted by Gasteiger charge is 2.12. The standard InChI is InChI=1S/C7H12O/c1-6-4-2-3-5-7(6)8/h3,5-8H,2,4H2,1H3/i2D2,3D,4D2,5D,6D,7D. The lowest BCUT2D eigenvalue weighted by Gasteiger charge is -2.17. The maximum atomic E-state index is 9.62. The smallest absolute Gasteiger partial charge is 0.0746 e. The van der Waals surface area contributed by atoms with Crippen LogP contribution in [0.2, 0.25) is 0 Å². The Bertz CT molecular complexity index is 321. The molecule has 1 rings (SSSR count). The van der Waals surface area contributed by atoms with Gasteiger partial charge in [0.05, 0.1) is 10.2 Å². The zero-order valence-electron chi connectivity index (χ0n) is 12.4. The summed E-state index contributed by atoms with van der Waals surface area (Å²) < 4.78 is 59.4. The van der Waals surface area contributed by atoms with E-state index in [4.69, 9.17) is 11.0 Å². The van der Waals surface area contributed by atoms with Crippen molar-refractivity contribution < 1.29 is 16.1 Å². The van der Waals surface area contributed by atoms with E-state index in [-0.39, 0.29) is 0 Å². The minimum Gasteiger partial charge on any atom is -0.389 e. The van der Waals surface area contributed by atoms with Crippen molar-refractivity contribution in [1.82, 2.24) is 0 Å². The van der Waals surface area contributed by atoms with E-state index in [1.165, 1.54) is 0 Å². The summed E-state index contributed by atoms with van der Waals surface area (Å²) in [5.74, 6) is -2.58. The number of hydrogen-bond acceptors (Lipinski definition) is 1. The lowest BCUT2D eigenvalue weighted by molar-refractivity contribution is 0.151. The molecule has 1 nitrogen and oxygen atoms in total. The van der Waals surface area contributed by atoms with Crippen LogP contribution in [0.25, 0.3) is 0 Å². The summed E-state index contributed by atoms with van der Waals surface area (Å²) in [6.07, 6.45) is -8.77. The number of aliphatic hydroxyl groups is 1. The molecule has 1 aliphatic carbocycles. The highest BCUT2D eigenvalue weighted by Crippen LogP contribution is 2.16. The lowest BCUT2D eigenvalue weighted by Crippen LogP contribution is -2.16. The van der Waals surface area contributed by atoms with E-state index in [2.05, 4.69) is 0 Å². The summed E-state index contributed by atoms with van der Waals surface area (Å²) in [6, 6.07) is -2.18. The summed E-state index contributed by atoms with van der Waals surface area (Å²) in [4.78, 5) is 0. The van der Waals surface area contributed by atoms with Crippen LogP contribution in [0.5, 0.6) is 0 Å². The second-order valence-corrected chi connectivity index (χ2v) is 1.47. The van der Waals surface area contributed by atoms with Crippen LogP contribution in [0, 0.1) is 5.89 Å². The molecule has 0 bridgehead atoms. The molecule has 2 atom stereocenters. The fraction of sp³-hybridized carbons (Fsp3) is 0.714. The molecule has 0 aliphatic heterocycles. The summed E-state index contributed by atoms with van der Waals surface area (Å²) in [5.41, 5.74) is 0. The van der Waals surface area contributed by atoms with E-state index in [0.717, 1.165) is 6.92 Å². The summed E-state index contributed by atoms with van der Waals surface area (Å²) in [6.45, 7) is 0.846. The molecule has 0 aromatic heterocycles. The topological polar surface area (TPSA) is 20.2 Å². The molecule has 0 fully saturated rings. The van der Waals surface area contributed by atoms with E-state index < -0.39 is 36.8 Å². The summed E-state index contributed by atoms with van der Waals surface area (Å²) in [7, 11) is 0.